The van der Waals surface area contributed by atoms with Crippen LogP contribution in [0.3, 0.4) is 0 Å². The maximum atomic E-state index is 6.25. The van der Waals surface area contributed by atoms with E-state index in [0.29, 0.717) is 12.2 Å². The second-order valence-electron chi connectivity index (χ2n) is 5.97. The fourth-order valence-electron chi connectivity index (χ4n) is 2.96. The molecule has 2 heterocycles. The van der Waals surface area contributed by atoms with Gasteiger partial charge in [0.2, 0.25) is 0 Å². The number of nitrogens with one attached hydrogen (secondary N) is 1. The van der Waals surface area contributed by atoms with Gasteiger partial charge in [-0.3, -0.25) is 4.90 Å². The first-order valence-corrected chi connectivity index (χ1v) is 7.51. The standard InChI is InChI=1S/C16H23N5/c17-15-10-16(18,20-12-19-15)9-13-3-5-14(6-4-13)11-21-7-1-2-8-21/h3-6,10,12H,1-2,7-9,11,17-18H2,(H,19,20). The zero-order valence-electron chi connectivity index (χ0n) is 12.3. The molecule has 1 atom stereocenters. The highest BCUT2D eigenvalue weighted by atomic mass is 15.1. The molecule has 1 unspecified atom stereocenters. The molecule has 5 heteroatoms. The van der Waals surface area contributed by atoms with Crippen LogP contribution in [0.1, 0.15) is 24.0 Å². The first-order chi connectivity index (χ1) is 10.1. The van der Waals surface area contributed by atoms with Crippen molar-refractivity contribution >= 4 is 6.34 Å². The lowest BCUT2D eigenvalue weighted by atomic mass is 9.99. The summed E-state index contributed by atoms with van der Waals surface area (Å²) in [5.41, 5.74) is 13.8. The van der Waals surface area contributed by atoms with E-state index in [0.717, 1.165) is 6.54 Å². The summed E-state index contributed by atoms with van der Waals surface area (Å²) >= 11 is 0. The third kappa shape index (κ3) is 3.62. The fourth-order valence-corrected chi connectivity index (χ4v) is 2.96. The van der Waals surface area contributed by atoms with Crippen molar-refractivity contribution in [3.05, 3.63) is 47.3 Å². The molecule has 3 rings (SSSR count). The highest BCUT2D eigenvalue weighted by molar-refractivity contribution is 5.60. The number of hydrogen-bond donors (Lipinski definition) is 3. The minimum atomic E-state index is -0.744. The van der Waals surface area contributed by atoms with E-state index < -0.39 is 5.66 Å². The van der Waals surface area contributed by atoms with Gasteiger partial charge in [-0.25, -0.2) is 4.99 Å². The third-order valence-electron chi connectivity index (χ3n) is 4.06. The molecule has 112 valence electrons. The Hall–Kier alpha value is -1.85. The van der Waals surface area contributed by atoms with E-state index in [1.165, 1.54) is 37.1 Å². The molecule has 1 aromatic rings. The third-order valence-corrected chi connectivity index (χ3v) is 4.06. The van der Waals surface area contributed by atoms with E-state index in [-0.39, 0.29) is 0 Å². The van der Waals surface area contributed by atoms with E-state index in [2.05, 4.69) is 39.5 Å². The molecule has 0 saturated carbocycles. The Morgan fingerprint density at radius 2 is 1.81 bits per heavy atom. The Morgan fingerprint density at radius 3 is 2.48 bits per heavy atom. The van der Waals surface area contributed by atoms with Crippen LogP contribution in [0.2, 0.25) is 0 Å². The van der Waals surface area contributed by atoms with Crippen molar-refractivity contribution in [2.45, 2.75) is 31.5 Å². The summed E-state index contributed by atoms with van der Waals surface area (Å²) in [6, 6.07) is 8.66. The van der Waals surface area contributed by atoms with Crippen LogP contribution in [-0.4, -0.2) is 30.0 Å². The number of hydrogen-bond acceptors (Lipinski definition) is 5. The molecular weight excluding hydrogens is 262 g/mol. The fraction of sp³-hybridized carbons (Fsp3) is 0.438. The summed E-state index contributed by atoms with van der Waals surface area (Å²) in [7, 11) is 0. The molecule has 0 aromatic heterocycles. The largest absolute Gasteiger partial charge is 0.385 e. The molecule has 2 aliphatic rings. The maximum Gasteiger partial charge on any atom is 0.136 e. The quantitative estimate of drug-likeness (QED) is 0.768. The van der Waals surface area contributed by atoms with E-state index in [4.69, 9.17) is 11.5 Å². The van der Waals surface area contributed by atoms with E-state index in [9.17, 15) is 0 Å². The Balaban J connectivity index is 1.64. The van der Waals surface area contributed by atoms with Crippen LogP contribution in [0.5, 0.6) is 0 Å². The molecule has 0 amide bonds. The van der Waals surface area contributed by atoms with Gasteiger partial charge in [-0.1, -0.05) is 24.3 Å². The highest BCUT2D eigenvalue weighted by Crippen LogP contribution is 2.18. The van der Waals surface area contributed by atoms with Crippen molar-refractivity contribution in [2.75, 3.05) is 13.1 Å². The molecule has 0 spiro atoms. The van der Waals surface area contributed by atoms with Gasteiger partial charge in [0, 0.05) is 13.0 Å². The van der Waals surface area contributed by atoms with E-state index in [1.54, 1.807) is 12.4 Å². The zero-order chi connectivity index (χ0) is 14.7. The summed E-state index contributed by atoms with van der Waals surface area (Å²) in [5, 5.41) is 2.83. The van der Waals surface area contributed by atoms with Crippen molar-refractivity contribution < 1.29 is 0 Å². The highest BCUT2D eigenvalue weighted by Gasteiger charge is 2.24. The second kappa shape index (κ2) is 5.87. The Bertz CT molecular complexity index is 542. The molecule has 1 saturated heterocycles. The smallest absolute Gasteiger partial charge is 0.136 e. The predicted octanol–water partition coefficient (Wildman–Crippen LogP) is 0.911. The maximum absolute atomic E-state index is 6.25. The molecule has 2 aliphatic heterocycles. The van der Waals surface area contributed by atoms with Gasteiger partial charge in [0.25, 0.3) is 0 Å². The first kappa shape index (κ1) is 14.1. The first-order valence-electron chi connectivity index (χ1n) is 7.51. The molecule has 5 nitrogen and oxygen atoms in total. The van der Waals surface area contributed by atoms with Crippen molar-refractivity contribution in [2.24, 2.45) is 16.5 Å². The van der Waals surface area contributed by atoms with Gasteiger partial charge in [0.1, 0.15) is 11.5 Å². The number of nitrogens with two attached hydrogens (primary N) is 2. The van der Waals surface area contributed by atoms with Gasteiger partial charge >= 0.3 is 0 Å². The minimum absolute atomic E-state index is 0.554. The second-order valence-corrected chi connectivity index (χ2v) is 5.97. The number of benzene rings is 1. The average Bonchev–Trinajstić information content (AvgIpc) is 2.93. The van der Waals surface area contributed by atoms with Crippen molar-refractivity contribution in [3.63, 3.8) is 0 Å². The van der Waals surface area contributed by atoms with Crippen molar-refractivity contribution in [1.29, 1.82) is 0 Å². The summed E-state index contributed by atoms with van der Waals surface area (Å²) < 4.78 is 0. The molecule has 1 aromatic carbocycles. The van der Waals surface area contributed by atoms with Gasteiger partial charge < -0.3 is 16.8 Å². The summed E-state index contributed by atoms with van der Waals surface area (Å²) in [5.74, 6) is 0.554. The number of nitrogens with zero attached hydrogens (tertiary/aromatic N) is 2. The summed E-state index contributed by atoms with van der Waals surface area (Å²) in [6.07, 6.45) is 6.64. The SMILES string of the molecule is NC1=CC(N)(Cc2ccc(CN3CCCC3)cc2)N=CN1. The molecule has 1 fully saturated rings. The lowest BCUT2D eigenvalue weighted by Crippen LogP contribution is -2.43. The van der Waals surface area contributed by atoms with Crippen molar-refractivity contribution in [3.8, 4) is 0 Å². The van der Waals surface area contributed by atoms with Crippen LogP contribution >= 0.6 is 0 Å². The monoisotopic (exact) mass is 285 g/mol. The average molecular weight is 285 g/mol. The van der Waals surface area contributed by atoms with Crippen molar-refractivity contribution in [1.82, 2.24) is 10.2 Å². The number of likely N-dealkylation sites (tertiary alicyclic amines) is 1. The topological polar surface area (TPSA) is 79.7 Å². The van der Waals surface area contributed by atoms with Crippen LogP contribution in [0.25, 0.3) is 0 Å². The van der Waals surface area contributed by atoms with Gasteiger partial charge in [-0.05, 0) is 43.1 Å². The van der Waals surface area contributed by atoms with Crippen LogP contribution in [0, 0.1) is 0 Å². The van der Waals surface area contributed by atoms with Gasteiger partial charge in [0.05, 0.1) is 6.34 Å². The molecule has 0 aliphatic carbocycles. The van der Waals surface area contributed by atoms with Gasteiger partial charge in [0.15, 0.2) is 0 Å². The van der Waals surface area contributed by atoms with Crippen LogP contribution < -0.4 is 16.8 Å². The zero-order valence-corrected chi connectivity index (χ0v) is 12.3. The molecule has 0 bridgehead atoms. The molecule has 0 radical (unpaired) electrons. The lowest BCUT2D eigenvalue weighted by molar-refractivity contribution is 0.331. The number of aliphatic imine (C=N–C) groups is 1. The van der Waals surface area contributed by atoms with Gasteiger partial charge in [-0.15, -0.1) is 0 Å². The van der Waals surface area contributed by atoms with E-state index in [1.807, 2.05) is 0 Å². The predicted molar refractivity (Wildman–Crippen MR) is 85.5 cm³/mol. The number of rotatable bonds is 4. The van der Waals surface area contributed by atoms with Crippen LogP contribution in [-0.2, 0) is 13.0 Å². The minimum Gasteiger partial charge on any atom is -0.385 e. The van der Waals surface area contributed by atoms with Crippen LogP contribution in [0.4, 0.5) is 0 Å². The molecule has 5 N–H and O–H groups in total. The van der Waals surface area contributed by atoms with Crippen LogP contribution in [0.15, 0.2) is 41.2 Å². The Kier molecular flexibility index (Phi) is 3.94. The Labute approximate surface area is 125 Å². The lowest BCUT2D eigenvalue weighted by Gasteiger charge is -2.25. The normalized spacial score (nSPS) is 25.7. The van der Waals surface area contributed by atoms with E-state index >= 15 is 0 Å². The molecule has 21 heavy (non-hydrogen) atoms. The summed E-state index contributed by atoms with van der Waals surface area (Å²) in [4.78, 5) is 6.79. The molecular formula is C16H23N5. The Morgan fingerprint density at radius 1 is 1.14 bits per heavy atom. The van der Waals surface area contributed by atoms with Gasteiger partial charge in [-0.2, -0.15) is 0 Å². The summed E-state index contributed by atoms with van der Waals surface area (Å²) in [6.45, 7) is 3.49.